The zero-order chi connectivity index (χ0) is 17.9. The number of piperidine rings is 1. The summed E-state index contributed by atoms with van der Waals surface area (Å²) >= 11 is 0. The van der Waals surface area contributed by atoms with Crippen molar-refractivity contribution < 1.29 is 19.0 Å². The third-order valence-corrected chi connectivity index (χ3v) is 4.28. The van der Waals surface area contributed by atoms with Crippen molar-refractivity contribution in [3.63, 3.8) is 0 Å². The third-order valence-electron chi connectivity index (χ3n) is 4.28. The fourth-order valence-electron chi connectivity index (χ4n) is 2.81. The summed E-state index contributed by atoms with van der Waals surface area (Å²) < 4.78 is 19.5. The van der Waals surface area contributed by atoms with E-state index in [1.807, 2.05) is 4.90 Å². The number of aromatic nitrogens is 2. The van der Waals surface area contributed by atoms with Gasteiger partial charge in [-0.15, -0.1) is 0 Å². The second-order valence-corrected chi connectivity index (χ2v) is 5.81. The highest BCUT2D eigenvalue weighted by Gasteiger charge is 2.45. The lowest BCUT2D eigenvalue weighted by Gasteiger charge is -2.38. The van der Waals surface area contributed by atoms with E-state index in [9.17, 15) is 14.3 Å². The van der Waals surface area contributed by atoms with Crippen LogP contribution < -0.4 is 15.0 Å². The average Bonchev–Trinajstić information content (AvgIpc) is 2.64. The highest BCUT2D eigenvalue weighted by Crippen LogP contribution is 2.31. The maximum Gasteiger partial charge on any atom is 0.348 e. The van der Waals surface area contributed by atoms with E-state index in [4.69, 9.17) is 4.74 Å². The zero-order valence-electron chi connectivity index (χ0n) is 13.8. The Balaban J connectivity index is 1.76. The van der Waals surface area contributed by atoms with Gasteiger partial charge in [-0.1, -0.05) is 12.1 Å². The highest BCUT2D eigenvalue weighted by atomic mass is 19.1. The predicted octanol–water partition coefficient (Wildman–Crippen LogP) is 2.16. The lowest BCUT2D eigenvalue weighted by Crippen LogP contribution is -2.53. The van der Waals surface area contributed by atoms with E-state index in [0.29, 0.717) is 24.9 Å². The first-order chi connectivity index (χ1) is 12.0. The lowest BCUT2D eigenvalue weighted by molar-refractivity contribution is -0.157. The molecule has 1 aromatic heterocycles. The zero-order valence-corrected chi connectivity index (χ0v) is 13.8. The molecular weight excluding hydrogens is 327 g/mol. The van der Waals surface area contributed by atoms with Crippen molar-refractivity contribution in [3.8, 4) is 5.75 Å². The molecule has 2 aromatic rings. The Morgan fingerprint density at radius 3 is 2.68 bits per heavy atom. The van der Waals surface area contributed by atoms with Crippen molar-refractivity contribution in [2.45, 2.75) is 18.4 Å². The number of para-hydroxylation sites is 1. The van der Waals surface area contributed by atoms with Crippen LogP contribution in [0, 0.1) is 5.82 Å². The Kier molecular flexibility index (Phi) is 4.69. The Morgan fingerprint density at radius 1 is 1.32 bits per heavy atom. The second-order valence-electron chi connectivity index (χ2n) is 5.81. The number of nitrogens with zero attached hydrogens (tertiary/aromatic N) is 3. The summed E-state index contributed by atoms with van der Waals surface area (Å²) in [4.78, 5) is 22.3. The fraction of sp³-hybridized carbons (Fsp3) is 0.353. The number of ether oxygens (including phenoxy) is 1. The Labute approximate surface area is 144 Å². The molecule has 2 heterocycles. The summed E-state index contributed by atoms with van der Waals surface area (Å²) in [6, 6.07) is 7.57. The van der Waals surface area contributed by atoms with Gasteiger partial charge < -0.3 is 20.1 Å². The minimum Gasteiger partial charge on any atom is -0.478 e. The molecule has 8 heteroatoms. The fourth-order valence-corrected chi connectivity index (χ4v) is 2.81. The quantitative estimate of drug-likeness (QED) is 0.858. The molecule has 1 aromatic carbocycles. The second kappa shape index (κ2) is 6.92. The Morgan fingerprint density at radius 2 is 2.04 bits per heavy atom. The summed E-state index contributed by atoms with van der Waals surface area (Å²) in [5.74, 6) is -0.512. The number of hydrogen-bond acceptors (Lipinski definition) is 6. The third kappa shape index (κ3) is 3.47. The minimum absolute atomic E-state index is 0.0493. The number of nitrogens with one attached hydrogen (secondary N) is 1. The van der Waals surface area contributed by atoms with Gasteiger partial charge in [0.05, 0.1) is 0 Å². The van der Waals surface area contributed by atoms with E-state index in [1.54, 1.807) is 25.4 Å². The van der Waals surface area contributed by atoms with Crippen molar-refractivity contribution in [3.05, 3.63) is 42.3 Å². The smallest absolute Gasteiger partial charge is 0.348 e. The molecule has 0 atom stereocenters. The molecule has 1 saturated heterocycles. The monoisotopic (exact) mass is 346 g/mol. The first-order valence-electron chi connectivity index (χ1n) is 7.97. The van der Waals surface area contributed by atoms with Gasteiger partial charge in [-0.2, -0.15) is 4.98 Å². The summed E-state index contributed by atoms with van der Waals surface area (Å²) in [6.45, 7) is 0.793. The molecule has 1 fully saturated rings. The van der Waals surface area contributed by atoms with Gasteiger partial charge in [0.15, 0.2) is 11.6 Å². The van der Waals surface area contributed by atoms with E-state index in [2.05, 4.69) is 15.3 Å². The maximum absolute atomic E-state index is 13.8. The van der Waals surface area contributed by atoms with Crippen LogP contribution in [0.5, 0.6) is 5.75 Å². The molecule has 0 amide bonds. The lowest BCUT2D eigenvalue weighted by atomic mass is 9.91. The number of aliphatic carboxylic acids is 1. The average molecular weight is 346 g/mol. The van der Waals surface area contributed by atoms with E-state index in [1.165, 1.54) is 18.2 Å². The van der Waals surface area contributed by atoms with Crippen LogP contribution in [0.2, 0.25) is 0 Å². The van der Waals surface area contributed by atoms with Crippen molar-refractivity contribution in [1.82, 2.24) is 9.97 Å². The van der Waals surface area contributed by atoms with E-state index < -0.39 is 17.4 Å². The molecule has 0 aliphatic carbocycles. The number of rotatable bonds is 5. The Hall–Kier alpha value is -2.90. The van der Waals surface area contributed by atoms with Gasteiger partial charge in [-0.3, -0.25) is 0 Å². The van der Waals surface area contributed by atoms with E-state index in [-0.39, 0.29) is 18.6 Å². The van der Waals surface area contributed by atoms with Gasteiger partial charge in [0.25, 0.3) is 0 Å². The van der Waals surface area contributed by atoms with Crippen molar-refractivity contribution in [2.24, 2.45) is 0 Å². The van der Waals surface area contributed by atoms with Crippen LogP contribution in [0.1, 0.15) is 12.8 Å². The summed E-state index contributed by atoms with van der Waals surface area (Å²) in [6.07, 6.45) is 2.04. The molecule has 0 radical (unpaired) electrons. The van der Waals surface area contributed by atoms with Crippen molar-refractivity contribution in [1.29, 1.82) is 0 Å². The molecular formula is C17H19FN4O3. The topological polar surface area (TPSA) is 87.6 Å². The molecule has 1 aliphatic heterocycles. The van der Waals surface area contributed by atoms with E-state index in [0.717, 1.165) is 0 Å². The SMILES string of the molecule is CNc1ccnc(N2CCC(Oc3ccccc3F)(C(=O)O)CC2)n1. The highest BCUT2D eigenvalue weighted by molar-refractivity contribution is 5.78. The standard InChI is InChI=1S/C17H19FN4O3/c1-19-14-6-9-20-16(21-14)22-10-7-17(8-11-22,15(23)24)25-13-5-3-2-4-12(13)18/h2-6,9H,7-8,10-11H2,1H3,(H,23,24)(H,19,20,21). The van der Waals surface area contributed by atoms with Crippen LogP contribution >= 0.6 is 0 Å². The van der Waals surface area contributed by atoms with Gasteiger partial charge in [0.1, 0.15) is 5.82 Å². The Bertz CT molecular complexity index is 763. The largest absolute Gasteiger partial charge is 0.478 e. The van der Waals surface area contributed by atoms with Gasteiger partial charge >= 0.3 is 5.97 Å². The first kappa shape index (κ1) is 16.9. The normalized spacial score (nSPS) is 16.3. The molecule has 0 spiro atoms. The number of anilines is 2. The van der Waals surface area contributed by atoms with Gasteiger partial charge in [0, 0.05) is 39.2 Å². The number of carboxylic acids is 1. The maximum atomic E-state index is 13.8. The van der Waals surface area contributed by atoms with Crippen molar-refractivity contribution >= 4 is 17.7 Å². The van der Waals surface area contributed by atoms with Gasteiger partial charge in [-0.25, -0.2) is 14.2 Å². The molecule has 0 bridgehead atoms. The predicted molar refractivity (Wildman–Crippen MR) is 90.4 cm³/mol. The molecule has 1 aliphatic rings. The number of hydrogen-bond donors (Lipinski definition) is 2. The molecule has 25 heavy (non-hydrogen) atoms. The van der Waals surface area contributed by atoms with Crippen LogP contribution in [0.15, 0.2) is 36.5 Å². The van der Waals surface area contributed by atoms with Crippen LogP contribution in [0.25, 0.3) is 0 Å². The molecule has 7 nitrogen and oxygen atoms in total. The number of carbonyl (C=O) groups is 1. The summed E-state index contributed by atoms with van der Waals surface area (Å²) in [5.41, 5.74) is -1.46. The number of halogens is 1. The summed E-state index contributed by atoms with van der Waals surface area (Å²) in [5, 5.41) is 12.6. The molecule has 2 N–H and O–H groups in total. The first-order valence-corrected chi connectivity index (χ1v) is 7.97. The molecule has 0 saturated carbocycles. The van der Waals surface area contributed by atoms with Crippen LogP contribution in [-0.2, 0) is 4.79 Å². The number of carboxylic acid groups (broad SMARTS) is 1. The summed E-state index contributed by atoms with van der Waals surface area (Å²) in [7, 11) is 1.76. The van der Waals surface area contributed by atoms with E-state index >= 15 is 0 Å². The molecule has 0 unspecified atom stereocenters. The number of benzene rings is 1. The van der Waals surface area contributed by atoms with Crippen molar-refractivity contribution in [2.75, 3.05) is 30.4 Å². The van der Waals surface area contributed by atoms with Crippen LogP contribution in [0.3, 0.4) is 0 Å². The molecule has 132 valence electrons. The minimum atomic E-state index is -1.46. The van der Waals surface area contributed by atoms with Crippen LogP contribution in [-0.4, -0.2) is 46.8 Å². The van der Waals surface area contributed by atoms with Gasteiger partial charge in [0.2, 0.25) is 11.5 Å². The molecule has 3 rings (SSSR count). The van der Waals surface area contributed by atoms with Crippen LogP contribution in [0.4, 0.5) is 16.2 Å². The van der Waals surface area contributed by atoms with Gasteiger partial charge in [-0.05, 0) is 18.2 Å².